The van der Waals surface area contributed by atoms with Gasteiger partial charge in [-0.05, 0) is 55.0 Å². The van der Waals surface area contributed by atoms with Crippen molar-refractivity contribution in [2.24, 2.45) is 0 Å². The number of fused-ring (bicyclic) bond motifs is 1. The molecule has 0 aliphatic rings. The van der Waals surface area contributed by atoms with Crippen LogP contribution in [0, 0.1) is 5.82 Å². The van der Waals surface area contributed by atoms with Crippen LogP contribution in [0.3, 0.4) is 0 Å². The quantitative estimate of drug-likeness (QED) is 0.609. The molecule has 0 fully saturated rings. The third kappa shape index (κ3) is 5.23. The van der Waals surface area contributed by atoms with Crippen LogP contribution in [0.25, 0.3) is 10.8 Å². The number of amides is 2. The Morgan fingerprint density at radius 1 is 1.07 bits per heavy atom. The number of benzene rings is 3. The second-order valence-corrected chi connectivity index (χ2v) is 7.20. The van der Waals surface area contributed by atoms with Gasteiger partial charge in [0.2, 0.25) is 0 Å². The van der Waals surface area contributed by atoms with Crippen molar-refractivity contribution in [3.05, 3.63) is 71.0 Å². The molecule has 0 radical (unpaired) electrons. The van der Waals surface area contributed by atoms with Crippen molar-refractivity contribution in [3.8, 4) is 5.75 Å². The molecule has 7 heteroatoms. The highest BCUT2D eigenvalue weighted by molar-refractivity contribution is 6.31. The van der Waals surface area contributed by atoms with Gasteiger partial charge in [0, 0.05) is 11.7 Å². The summed E-state index contributed by atoms with van der Waals surface area (Å²) in [7, 11) is 0. The lowest BCUT2D eigenvalue weighted by molar-refractivity contribution is -0.123. The molecule has 150 valence electrons. The first-order valence-electron chi connectivity index (χ1n) is 9.05. The zero-order valence-electron chi connectivity index (χ0n) is 16.0. The number of halogens is 2. The van der Waals surface area contributed by atoms with Crippen LogP contribution in [0.1, 0.15) is 24.2 Å². The van der Waals surface area contributed by atoms with Gasteiger partial charge in [-0.15, -0.1) is 0 Å². The van der Waals surface area contributed by atoms with Crippen LogP contribution in [-0.4, -0.2) is 24.5 Å². The molecule has 0 aromatic heterocycles. The Labute approximate surface area is 172 Å². The van der Waals surface area contributed by atoms with Crippen LogP contribution < -0.4 is 15.4 Å². The lowest BCUT2D eigenvalue weighted by Gasteiger charge is -2.14. The summed E-state index contributed by atoms with van der Waals surface area (Å²) in [4.78, 5) is 24.8. The second kappa shape index (κ2) is 8.92. The van der Waals surface area contributed by atoms with E-state index in [9.17, 15) is 14.0 Å². The van der Waals surface area contributed by atoms with E-state index >= 15 is 0 Å². The van der Waals surface area contributed by atoms with Gasteiger partial charge in [0.1, 0.15) is 11.6 Å². The first-order valence-corrected chi connectivity index (χ1v) is 9.42. The molecular weight excluding hydrogens is 395 g/mol. The molecule has 3 aromatic carbocycles. The van der Waals surface area contributed by atoms with Crippen molar-refractivity contribution in [2.75, 3.05) is 11.9 Å². The molecule has 3 aromatic rings. The van der Waals surface area contributed by atoms with Crippen LogP contribution in [0.15, 0.2) is 54.6 Å². The molecule has 0 saturated heterocycles. The number of nitrogens with one attached hydrogen (secondary N) is 2. The molecule has 0 spiro atoms. The van der Waals surface area contributed by atoms with Gasteiger partial charge in [-0.3, -0.25) is 9.59 Å². The first-order chi connectivity index (χ1) is 13.8. The van der Waals surface area contributed by atoms with E-state index in [0.29, 0.717) is 5.69 Å². The fourth-order valence-electron chi connectivity index (χ4n) is 2.80. The largest absolute Gasteiger partial charge is 0.483 e. The van der Waals surface area contributed by atoms with Crippen LogP contribution in [0.2, 0.25) is 5.02 Å². The lowest BCUT2D eigenvalue weighted by atomic mass is 10.1. The summed E-state index contributed by atoms with van der Waals surface area (Å²) in [5.41, 5.74) is 0.597. The molecule has 2 N–H and O–H groups in total. The number of anilines is 1. The SMILES string of the molecule is CC(C)NC(=O)COc1cc2ccccc2cc1C(=O)Nc1ccc(F)c(Cl)c1. The molecule has 29 heavy (non-hydrogen) atoms. The summed E-state index contributed by atoms with van der Waals surface area (Å²) in [6.45, 7) is 3.47. The Kier molecular flexibility index (Phi) is 6.34. The molecule has 2 amide bonds. The number of carbonyl (C=O) groups is 2. The van der Waals surface area contributed by atoms with Crippen LogP contribution >= 0.6 is 11.6 Å². The van der Waals surface area contributed by atoms with Crippen LogP contribution in [0.4, 0.5) is 10.1 Å². The minimum absolute atomic E-state index is 0.0197. The highest BCUT2D eigenvalue weighted by atomic mass is 35.5. The third-order valence-electron chi connectivity index (χ3n) is 4.08. The van der Waals surface area contributed by atoms with Gasteiger partial charge in [-0.2, -0.15) is 0 Å². The molecule has 3 rings (SSSR count). The average molecular weight is 415 g/mol. The molecule has 0 saturated carbocycles. The Morgan fingerprint density at radius 3 is 2.41 bits per heavy atom. The summed E-state index contributed by atoms with van der Waals surface area (Å²) in [6.07, 6.45) is 0. The molecule has 0 unspecified atom stereocenters. The van der Waals surface area contributed by atoms with Crippen LogP contribution in [-0.2, 0) is 4.79 Å². The van der Waals surface area contributed by atoms with Crippen LogP contribution in [0.5, 0.6) is 5.75 Å². The zero-order chi connectivity index (χ0) is 21.0. The fraction of sp³-hybridized carbons (Fsp3) is 0.182. The number of carbonyl (C=O) groups excluding carboxylic acids is 2. The predicted molar refractivity (Wildman–Crippen MR) is 112 cm³/mol. The maximum absolute atomic E-state index is 13.4. The van der Waals surface area contributed by atoms with Gasteiger partial charge in [-0.25, -0.2) is 4.39 Å². The number of hydrogen-bond acceptors (Lipinski definition) is 3. The van der Waals surface area contributed by atoms with Crippen molar-refractivity contribution < 1.29 is 18.7 Å². The van der Waals surface area contributed by atoms with E-state index in [-0.39, 0.29) is 34.9 Å². The van der Waals surface area contributed by atoms with Crippen molar-refractivity contribution in [2.45, 2.75) is 19.9 Å². The molecule has 5 nitrogen and oxygen atoms in total. The van der Waals surface area contributed by atoms with E-state index in [2.05, 4.69) is 10.6 Å². The number of ether oxygens (including phenoxy) is 1. The molecule has 0 heterocycles. The summed E-state index contributed by atoms with van der Waals surface area (Å²) >= 11 is 5.78. The lowest BCUT2D eigenvalue weighted by Crippen LogP contribution is -2.34. The summed E-state index contributed by atoms with van der Waals surface area (Å²) in [6, 6.07) is 14.8. The third-order valence-corrected chi connectivity index (χ3v) is 4.37. The smallest absolute Gasteiger partial charge is 0.259 e. The zero-order valence-corrected chi connectivity index (χ0v) is 16.7. The van der Waals surface area contributed by atoms with Gasteiger partial charge >= 0.3 is 0 Å². The van der Waals surface area contributed by atoms with E-state index in [1.54, 1.807) is 12.1 Å². The molecular formula is C22H20ClFN2O3. The molecule has 0 aliphatic heterocycles. The van der Waals surface area contributed by atoms with Crippen molar-refractivity contribution >= 4 is 39.9 Å². The van der Waals surface area contributed by atoms with E-state index in [4.69, 9.17) is 16.3 Å². The highest BCUT2D eigenvalue weighted by Crippen LogP contribution is 2.28. The normalized spacial score (nSPS) is 10.8. The van der Waals surface area contributed by atoms with Gasteiger partial charge in [0.05, 0.1) is 10.6 Å². The molecule has 0 aliphatic carbocycles. The van der Waals surface area contributed by atoms with Crippen molar-refractivity contribution in [1.29, 1.82) is 0 Å². The summed E-state index contributed by atoms with van der Waals surface area (Å²) in [5, 5.41) is 7.03. The van der Waals surface area contributed by atoms with Crippen molar-refractivity contribution in [1.82, 2.24) is 5.32 Å². The Balaban J connectivity index is 1.90. The Morgan fingerprint density at radius 2 is 1.76 bits per heavy atom. The average Bonchev–Trinajstić information content (AvgIpc) is 2.68. The van der Waals surface area contributed by atoms with E-state index in [0.717, 1.165) is 10.8 Å². The van der Waals surface area contributed by atoms with Crippen molar-refractivity contribution in [3.63, 3.8) is 0 Å². The van der Waals surface area contributed by atoms with E-state index in [1.165, 1.54) is 18.2 Å². The first kappa shape index (κ1) is 20.6. The minimum Gasteiger partial charge on any atom is -0.483 e. The van der Waals surface area contributed by atoms with E-state index < -0.39 is 11.7 Å². The summed E-state index contributed by atoms with van der Waals surface area (Å²) < 4.78 is 19.0. The van der Waals surface area contributed by atoms with Gasteiger partial charge in [-0.1, -0.05) is 35.9 Å². The van der Waals surface area contributed by atoms with Gasteiger partial charge < -0.3 is 15.4 Å². The Hall–Kier alpha value is -3.12. The van der Waals surface area contributed by atoms with Gasteiger partial charge in [0.25, 0.3) is 11.8 Å². The summed E-state index contributed by atoms with van der Waals surface area (Å²) in [5.74, 6) is -1.05. The topological polar surface area (TPSA) is 67.4 Å². The maximum atomic E-state index is 13.4. The second-order valence-electron chi connectivity index (χ2n) is 6.79. The number of hydrogen-bond donors (Lipinski definition) is 2. The highest BCUT2D eigenvalue weighted by Gasteiger charge is 2.16. The molecule has 0 atom stereocenters. The van der Waals surface area contributed by atoms with E-state index in [1.807, 2.05) is 38.1 Å². The monoisotopic (exact) mass is 414 g/mol. The standard InChI is InChI=1S/C22H20ClFN2O3/c1-13(2)25-21(27)12-29-20-10-15-6-4-3-5-14(15)9-17(20)22(28)26-16-7-8-19(24)18(23)11-16/h3-11,13H,12H2,1-2H3,(H,25,27)(H,26,28). The Bertz CT molecular complexity index is 1070. The molecule has 0 bridgehead atoms. The fourth-order valence-corrected chi connectivity index (χ4v) is 2.98. The maximum Gasteiger partial charge on any atom is 0.259 e. The minimum atomic E-state index is -0.574. The predicted octanol–water partition coefficient (Wildman–Crippen LogP) is 4.79. The number of rotatable bonds is 6. The van der Waals surface area contributed by atoms with Gasteiger partial charge in [0.15, 0.2) is 6.61 Å².